The normalized spacial score (nSPS) is 29.5. The van der Waals surface area contributed by atoms with Crippen LogP contribution in [0.25, 0.3) is 0 Å². The fraction of sp³-hybridized carbons (Fsp3) is 1.00. The second-order valence-electron chi connectivity index (χ2n) is 2.23. The van der Waals surface area contributed by atoms with E-state index in [2.05, 4.69) is 0 Å². The number of sulfone groups is 1. The number of halogens is 1. The number of hydroxylamine groups is 1. The smallest absolute Gasteiger partial charge is 0.151 e. The van der Waals surface area contributed by atoms with Crippen LogP contribution < -0.4 is 5.48 Å². The molecule has 6 heteroatoms. The van der Waals surface area contributed by atoms with Gasteiger partial charge in [0.15, 0.2) is 9.84 Å². The molecule has 0 aliphatic carbocycles. The van der Waals surface area contributed by atoms with Crippen molar-refractivity contribution in [2.45, 2.75) is 12.5 Å². The van der Waals surface area contributed by atoms with E-state index < -0.39 is 9.84 Å². The van der Waals surface area contributed by atoms with Gasteiger partial charge in [-0.15, -0.1) is 12.4 Å². The van der Waals surface area contributed by atoms with Gasteiger partial charge in [0.25, 0.3) is 0 Å². The molecule has 0 saturated carbocycles. The monoisotopic (exact) mass is 187 g/mol. The molecule has 0 radical (unpaired) electrons. The number of nitrogens with one attached hydrogen (secondary N) is 1. The molecule has 10 heavy (non-hydrogen) atoms. The number of hydrogen-bond acceptors (Lipinski definition) is 4. The molecule has 1 heterocycles. The molecule has 0 aromatic rings. The van der Waals surface area contributed by atoms with Gasteiger partial charge < -0.3 is 5.21 Å². The highest BCUT2D eigenvalue weighted by molar-refractivity contribution is 7.91. The van der Waals surface area contributed by atoms with E-state index in [-0.39, 0.29) is 30.0 Å². The van der Waals surface area contributed by atoms with Gasteiger partial charge in [-0.1, -0.05) is 0 Å². The SMILES string of the molecule is Cl.O=S1(=O)CCC(NO)C1. The quantitative estimate of drug-likeness (QED) is 0.547. The third-order valence-electron chi connectivity index (χ3n) is 1.42. The van der Waals surface area contributed by atoms with Crippen LogP contribution in [0.15, 0.2) is 0 Å². The van der Waals surface area contributed by atoms with E-state index in [1.54, 1.807) is 0 Å². The summed E-state index contributed by atoms with van der Waals surface area (Å²) in [5.41, 5.74) is 1.94. The summed E-state index contributed by atoms with van der Waals surface area (Å²) in [5.74, 6) is 0.273. The Morgan fingerprint density at radius 2 is 2.10 bits per heavy atom. The minimum atomic E-state index is -2.83. The van der Waals surface area contributed by atoms with Crippen molar-refractivity contribution in [1.82, 2.24) is 5.48 Å². The van der Waals surface area contributed by atoms with Crippen molar-refractivity contribution >= 4 is 22.2 Å². The molecular weight excluding hydrogens is 178 g/mol. The molecule has 1 unspecified atom stereocenters. The van der Waals surface area contributed by atoms with E-state index >= 15 is 0 Å². The maximum atomic E-state index is 10.6. The summed E-state index contributed by atoms with van der Waals surface area (Å²) in [4.78, 5) is 0. The molecule has 1 fully saturated rings. The van der Waals surface area contributed by atoms with Crippen molar-refractivity contribution in [3.8, 4) is 0 Å². The van der Waals surface area contributed by atoms with E-state index in [0.717, 1.165) is 0 Å². The number of rotatable bonds is 1. The molecule has 4 nitrogen and oxygen atoms in total. The molecule has 0 spiro atoms. The Balaban J connectivity index is 0.000000810. The molecule has 0 amide bonds. The molecule has 1 saturated heterocycles. The second kappa shape index (κ2) is 3.52. The first-order valence-corrected chi connectivity index (χ1v) is 4.56. The van der Waals surface area contributed by atoms with Crippen LogP contribution in [0.5, 0.6) is 0 Å². The van der Waals surface area contributed by atoms with E-state index in [9.17, 15) is 8.42 Å². The third kappa shape index (κ3) is 2.42. The summed E-state index contributed by atoms with van der Waals surface area (Å²) >= 11 is 0. The van der Waals surface area contributed by atoms with Gasteiger partial charge in [-0.25, -0.2) is 13.9 Å². The Labute approximate surface area is 65.9 Å². The zero-order valence-electron chi connectivity index (χ0n) is 5.28. The molecular formula is C4H10ClNO3S. The average Bonchev–Trinajstić information content (AvgIpc) is 2.10. The van der Waals surface area contributed by atoms with E-state index in [1.165, 1.54) is 0 Å². The fourth-order valence-electron chi connectivity index (χ4n) is 0.897. The number of hydrogen-bond donors (Lipinski definition) is 2. The molecule has 1 rings (SSSR count). The summed E-state index contributed by atoms with van der Waals surface area (Å²) in [6, 6.07) is -0.241. The zero-order valence-corrected chi connectivity index (χ0v) is 6.91. The van der Waals surface area contributed by atoms with Crippen molar-refractivity contribution in [2.75, 3.05) is 11.5 Å². The van der Waals surface area contributed by atoms with Gasteiger partial charge in [-0.05, 0) is 6.42 Å². The minimum absolute atomic E-state index is 0. The van der Waals surface area contributed by atoms with Gasteiger partial charge in [0.2, 0.25) is 0 Å². The summed E-state index contributed by atoms with van der Waals surface area (Å²) in [7, 11) is -2.83. The van der Waals surface area contributed by atoms with Crippen LogP contribution in [0, 0.1) is 0 Å². The Morgan fingerprint density at radius 3 is 2.30 bits per heavy atom. The Hall–Kier alpha value is 0.160. The molecule has 62 valence electrons. The van der Waals surface area contributed by atoms with Crippen molar-refractivity contribution in [3.63, 3.8) is 0 Å². The molecule has 0 bridgehead atoms. The van der Waals surface area contributed by atoms with Crippen molar-refractivity contribution in [2.24, 2.45) is 0 Å². The van der Waals surface area contributed by atoms with Crippen LogP contribution in [-0.4, -0.2) is 31.2 Å². The lowest BCUT2D eigenvalue weighted by Gasteiger charge is -2.00. The van der Waals surface area contributed by atoms with Crippen LogP contribution in [0.3, 0.4) is 0 Å². The molecule has 1 aliphatic rings. The van der Waals surface area contributed by atoms with Gasteiger partial charge in [0.05, 0.1) is 11.5 Å². The average molecular weight is 188 g/mol. The summed E-state index contributed by atoms with van der Waals surface area (Å²) in [6.07, 6.45) is 0.527. The molecule has 2 N–H and O–H groups in total. The van der Waals surface area contributed by atoms with Crippen molar-refractivity contribution < 1.29 is 13.6 Å². The first kappa shape index (κ1) is 10.2. The predicted molar refractivity (Wildman–Crippen MR) is 39.2 cm³/mol. The van der Waals surface area contributed by atoms with Crippen molar-refractivity contribution in [1.29, 1.82) is 0 Å². The van der Waals surface area contributed by atoms with E-state index in [1.807, 2.05) is 5.48 Å². The van der Waals surface area contributed by atoms with Crippen LogP contribution in [0.2, 0.25) is 0 Å². The first-order valence-electron chi connectivity index (χ1n) is 2.74. The summed E-state index contributed by atoms with van der Waals surface area (Å²) < 4.78 is 21.3. The Kier molecular flexibility index (Phi) is 3.58. The molecule has 0 aromatic carbocycles. The first-order chi connectivity index (χ1) is 4.14. The van der Waals surface area contributed by atoms with Gasteiger partial charge in [0, 0.05) is 6.04 Å². The minimum Gasteiger partial charge on any atom is -0.317 e. The van der Waals surface area contributed by atoms with Gasteiger partial charge in [-0.2, -0.15) is 0 Å². The maximum Gasteiger partial charge on any atom is 0.151 e. The lowest BCUT2D eigenvalue weighted by Crippen LogP contribution is -2.26. The fourth-order valence-corrected chi connectivity index (χ4v) is 2.56. The van der Waals surface area contributed by atoms with E-state index in [0.29, 0.717) is 6.42 Å². The van der Waals surface area contributed by atoms with Gasteiger partial charge in [-0.3, -0.25) is 0 Å². The highest BCUT2D eigenvalue weighted by atomic mass is 35.5. The summed E-state index contributed by atoms with van der Waals surface area (Å²) in [6.45, 7) is 0. The van der Waals surface area contributed by atoms with Crippen LogP contribution in [0.1, 0.15) is 6.42 Å². The Morgan fingerprint density at radius 1 is 1.50 bits per heavy atom. The molecule has 1 aliphatic heterocycles. The highest BCUT2D eigenvalue weighted by Crippen LogP contribution is 2.09. The highest BCUT2D eigenvalue weighted by Gasteiger charge is 2.26. The predicted octanol–water partition coefficient (Wildman–Crippen LogP) is -0.426. The third-order valence-corrected chi connectivity index (χ3v) is 3.18. The van der Waals surface area contributed by atoms with E-state index in [4.69, 9.17) is 5.21 Å². The lowest BCUT2D eigenvalue weighted by atomic mass is 10.3. The lowest BCUT2D eigenvalue weighted by molar-refractivity contribution is 0.135. The van der Waals surface area contributed by atoms with Gasteiger partial charge in [0.1, 0.15) is 0 Å². The van der Waals surface area contributed by atoms with Crippen molar-refractivity contribution in [3.05, 3.63) is 0 Å². The summed E-state index contributed by atoms with van der Waals surface area (Å²) in [5, 5.41) is 8.28. The van der Waals surface area contributed by atoms with Crippen LogP contribution in [0.4, 0.5) is 0 Å². The maximum absolute atomic E-state index is 10.6. The standard InChI is InChI=1S/C4H9NO3S.ClH/c6-5-4-1-2-9(7,8)3-4;/h4-6H,1-3H2;1H. The topological polar surface area (TPSA) is 66.4 Å². The van der Waals surface area contributed by atoms with Gasteiger partial charge >= 0.3 is 0 Å². The molecule has 0 aromatic heterocycles. The molecule has 1 atom stereocenters. The van der Waals surface area contributed by atoms with Crippen LogP contribution >= 0.6 is 12.4 Å². The second-order valence-corrected chi connectivity index (χ2v) is 4.46. The Bertz CT molecular complexity index is 191. The largest absolute Gasteiger partial charge is 0.317 e. The zero-order chi connectivity index (χ0) is 6.91. The van der Waals surface area contributed by atoms with Crippen LogP contribution in [-0.2, 0) is 9.84 Å².